The standard InChI is InChI=1S/C28H35N5O2/c1-18-15-26(34)31-24-4-2-3-22(28(24)30-18)21-7-8-25-23(16-21)27(20-5-6-20)32-33(25)13-14-35-17-19-9-11-29-12-10-19/h2-4,7-8,16,18-20,29-30H,5-6,9-15,17H2,1H3,(H,31,34)/t18-/m1/s1. The van der Waals surface area contributed by atoms with Crippen LogP contribution in [-0.2, 0) is 16.1 Å². The largest absolute Gasteiger partial charge is 0.380 e. The number of para-hydroxylation sites is 1. The van der Waals surface area contributed by atoms with Crippen LogP contribution in [0.25, 0.3) is 22.0 Å². The molecule has 0 spiro atoms. The lowest BCUT2D eigenvalue weighted by atomic mass is 9.99. The molecule has 3 aliphatic rings. The van der Waals surface area contributed by atoms with Crippen molar-refractivity contribution in [2.24, 2.45) is 5.92 Å². The van der Waals surface area contributed by atoms with Crippen LogP contribution in [0.1, 0.15) is 50.6 Å². The lowest BCUT2D eigenvalue weighted by Gasteiger charge is -2.22. The minimum atomic E-state index is 0.0519. The molecule has 2 aliphatic heterocycles. The average Bonchev–Trinajstić information content (AvgIpc) is 3.66. The zero-order chi connectivity index (χ0) is 23.8. The minimum absolute atomic E-state index is 0.0519. The van der Waals surface area contributed by atoms with Crippen LogP contribution in [-0.4, -0.2) is 48.0 Å². The maximum Gasteiger partial charge on any atom is 0.226 e. The molecule has 3 N–H and O–H groups in total. The molecule has 7 nitrogen and oxygen atoms in total. The van der Waals surface area contributed by atoms with E-state index in [2.05, 4.69) is 51.8 Å². The first kappa shape index (κ1) is 22.6. The first-order valence-electron chi connectivity index (χ1n) is 13.1. The van der Waals surface area contributed by atoms with Crippen molar-refractivity contribution in [2.75, 3.05) is 36.9 Å². The van der Waals surface area contributed by atoms with E-state index in [1.807, 2.05) is 12.1 Å². The Morgan fingerprint density at radius 3 is 2.80 bits per heavy atom. The Labute approximate surface area is 206 Å². The summed E-state index contributed by atoms with van der Waals surface area (Å²) < 4.78 is 8.21. The Morgan fingerprint density at radius 1 is 1.11 bits per heavy atom. The van der Waals surface area contributed by atoms with Gasteiger partial charge in [0.15, 0.2) is 0 Å². The van der Waals surface area contributed by atoms with E-state index in [-0.39, 0.29) is 11.9 Å². The van der Waals surface area contributed by atoms with Crippen molar-refractivity contribution in [1.82, 2.24) is 15.1 Å². The molecule has 184 valence electrons. The van der Waals surface area contributed by atoms with Gasteiger partial charge in [-0.15, -0.1) is 0 Å². The maximum atomic E-state index is 12.2. The molecule has 0 radical (unpaired) electrons. The smallest absolute Gasteiger partial charge is 0.226 e. The van der Waals surface area contributed by atoms with E-state index in [0.29, 0.717) is 24.9 Å². The Morgan fingerprint density at radius 2 is 1.97 bits per heavy atom. The molecular weight excluding hydrogens is 438 g/mol. The highest BCUT2D eigenvalue weighted by molar-refractivity contribution is 6.01. The third-order valence-electron chi connectivity index (χ3n) is 7.53. The summed E-state index contributed by atoms with van der Waals surface area (Å²) in [5, 5.41) is 16.3. The number of anilines is 2. The molecule has 2 fully saturated rings. The molecule has 1 amide bonds. The first-order valence-corrected chi connectivity index (χ1v) is 13.1. The highest BCUT2D eigenvalue weighted by Gasteiger charge is 2.29. The van der Waals surface area contributed by atoms with Crippen LogP contribution in [0.3, 0.4) is 0 Å². The molecule has 1 atom stereocenters. The number of carbonyl (C=O) groups excluding carboxylic acids is 1. The molecule has 1 saturated carbocycles. The summed E-state index contributed by atoms with van der Waals surface area (Å²) in [5.74, 6) is 1.29. The van der Waals surface area contributed by atoms with Crippen LogP contribution in [0.2, 0.25) is 0 Å². The topological polar surface area (TPSA) is 80.2 Å². The highest BCUT2D eigenvalue weighted by atomic mass is 16.5. The Balaban J connectivity index is 1.27. The van der Waals surface area contributed by atoms with E-state index < -0.39 is 0 Å². The number of ether oxygens (including phenoxy) is 1. The first-order chi connectivity index (χ1) is 17.2. The summed E-state index contributed by atoms with van der Waals surface area (Å²) >= 11 is 0. The number of nitrogens with one attached hydrogen (secondary N) is 3. The van der Waals surface area contributed by atoms with Crippen molar-refractivity contribution < 1.29 is 9.53 Å². The van der Waals surface area contributed by atoms with Gasteiger partial charge < -0.3 is 20.7 Å². The van der Waals surface area contributed by atoms with Gasteiger partial charge >= 0.3 is 0 Å². The number of fused-ring (bicyclic) bond motifs is 2. The third kappa shape index (κ3) is 4.80. The Hall–Kier alpha value is -2.90. The van der Waals surface area contributed by atoms with Crippen molar-refractivity contribution in [3.8, 4) is 11.1 Å². The van der Waals surface area contributed by atoms with Crippen molar-refractivity contribution in [3.05, 3.63) is 42.1 Å². The summed E-state index contributed by atoms with van der Waals surface area (Å²) in [6, 6.07) is 12.9. The van der Waals surface area contributed by atoms with Crippen LogP contribution in [0.4, 0.5) is 11.4 Å². The van der Waals surface area contributed by atoms with Crippen molar-refractivity contribution in [2.45, 2.75) is 57.5 Å². The van der Waals surface area contributed by atoms with Gasteiger partial charge in [-0.1, -0.05) is 18.2 Å². The lowest BCUT2D eigenvalue weighted by molar-refractivity contribution is -0.116. The van der Waals surface area contributed by atoms with Gasteiger partial charge in [-0.25, -0.2) is 0 Å². The van der Waals surface area contributed by atoms with E-state index >= 15 is 0 Å². The van der Waals surface area contributed by atoms with Gasteiger partial charge in [0.05, 0.1) is 35.7 Å². The molecule has 7 heteroatoms. The van der Waals surface area contributed by atoms with Crippen molar-refractivity contribution in [3.63, 3.8) is 0 Å². The van der Waals surface area contributed by atoms with Crippen LogP contribution in [0, 0.1) is 5.92 Å². The zero-order valence-corrected chi connectivity index (χ0v) is 20.5. The van der Waals surface area contributed by atoms with Gasteiger partial charge in [-0.2, -0.15) is 5.10 Å². The monoisotopic (exact) mass is 473 g/mol. The fourth-order valence-electron chi connectivity index (χ4n) is 5.48. The van der Waals surface area contributed by atoms with Gasteiger partial charge in [0.2, 0.25) is 5.91 Å². The molecule has 1 aromatic heterocycles. The maximum absolute atomic E-state index is 12.2. The second-order valence-electron chi connectivity index (χ2n) is 10.4. The average molecular weight is 474 g/mol. The molecular formula is C28H35N5O2. The Bertz CT molecular complexity index is 1230. The molecule has 3 heterocycles. The predicted molar refractivity (Wildman–Crippen MR) is 140 cm³/mol. The van der Waals surface area contributed by atoms with Crippen molar-refractivity contribution >= 4 is 28.2 Å². The van der Waals surface area contributed by atoms with E-state index in [1.165, 1.54) is 42.3 Å². The number of nitrogens with zero attached hydrogens (tertiary/aromatic N) is 2. The zero-order valence-electron chi connectivity index (χ0n) is 20.5. The van der Waals surface area contributed by atoms with Crippen LogP contribution in [0.5, 0.6) is 0 Å². The molecule has 35 heavy (non-hydrogen) atoms. The van der Waals surface area contributed by atoms with Crippen LogP contribution >= 0.6 is 0 Å². The molecule has 6 rings (SSSR count). The van der Waals surface area contributed by atoms with Gasteiger partial charge in [0.1, 0.15) is 0 Å². The molecule has 0 bridgehead atoms. The van der Waals surface area contributed by atoms with Crippen LogP contribution < -0.4 is 16.0 Å². The summed E-state index contributed by atoms with van der Waals surface area (Å²) in [6.45, 7) is 6.59. The van der Waals surface area contributed by atoms with Gasteiger partial charge in [0.25, 0.3) is 0 Å². The van der Waals surface area contributed by atoms with Gasteiger partial charge in [0, 0.05) is 35.9 Å². The number of rotatable bonds is 7. The number of piperidine rings is 1. The van der Waals surface area contributed by atoms with Gasteiger partial charge in [-0.05, 0) is 75.4 Å². The molecule has 3 aromatic rings. The second kappa shape index (κ2) is 9.63. The fraction of sp³-hybridized carbons (Fsp3) is 0.500. The van der Waals surface area contributed by atoms with E-state index in [9.17, 15) is 4.79 Å². The second-order valence-corrected chi connectivity index (χ2v) is 10.4. The van der Waals surface area contributed by atoms with Crippen molar-refractivity contribution in [1.29, 1.82) is 0 Å². The number of carbonyl (C=O) groups is 1. The lowest BCUT2D eigenvalue weighted by Crippen LogP contribution is -2.30. The number of aromatic nitrogens is 2. The SMILES string of the molecule is C[C@@H]1CC(=O)Nc2cccc(-c3ccc4c(c3)c(C3CC3)nn4CCOCC3CCNCC3)c2N1. The molecule has 1 aliphatic carbocycles. The summed E-state index contributed by atoms with van der Waals surface area (Å²) in [7, 11) is 0. The quantitative estimate of drug-likeness (QED) is 0.432. The third-order valence-corrected chi connectivity index (χ3v) is 7.53. The fourth-order valence-corrected chi connectivity index (χ4v) is 5.48. The Kier molecular flexibility index (Phi) is 6.20. The van der Waals surface area contributed by atoms with Crippen LogP contribution in [0.15, 0.2) is 36.4 Å². The van der Waals surface area contributed by atoms with Gasteiger partial charge in [-0.3, -0.25) is 9.48 Å². The normalized spacial score (nSPS) is 20.8. The molecule has 0 unspecified atom stereocenters. The van der Waals surface area contributed by atoms with E-state index in [4.69, 9.17) is 9.84 Å². The predicted octanol–water partition coefficient (Wildman–Crippen LogP) is 4.74. The number of hydrogen-bond donors (Lipinski definition) is 3. The summed E-state index contributed by atoms with van der Waals surface area (Å²) in [5.41, 5.74) is 6.50. The number of hydrogen-bond acceptors (Lipinski definition) is 5. The summed E-state index contributed by atoms with van der Waals surface area (Å²) in [4.78, 5) is 12.2. The summed E-state index contributed by atoms with van der Waals surface area (Å²) in [6.07, 6.45) is 5.31. The number of amides is 1. The molecule has 1 saturated heterocycles. The van der Waals surface area contributed by atoms with E-state index in [1.54, 1.807) is 0 Å². The highest BCUT2D eigenvalue weighted by Crippen LogP contribution is 2.44. The van der Waals surface area contributed by atoms with E-state index in [0.717, 1.165) is 48.7 Å². The minimum Gasteiger partial charge on any atom is -0.380 e. The molecule has 2 aromatic carbocycles. The number of benzene rings is 2.